The van der Waals surface area contributed by atoms with Crippen molar-refractivity contribution >= 4 is 21.4 Å². The van der Waals surface area contributed by atoms with E-state index in [1.54, 1.807) is 36.4 Å². The molecule has 0 amide bonds. The summed E-state index contributed by atoms with van der Waals surface area (Å²) in [7, 11) is -3.77. The molecule has 1 heterocycles. The van der Waals surface area contributed by atoms with Gasteiger partial charge in [0.05, 0.1) is 16.2 Å². The van der Waals surface area contributed by atoms with Crippen LogP contribution in [0.4, 0.5) is 18.9 Å². The number of nitrogens with zero attached hydrogens (tertiary/aromatic N) is 1. The molecule has 0 unspecified atom stereocenters. The lowest BCUT2D eigenvalue weighted by molar-refractivity contribution is -0.137. The zero-order valence-electron chi connectivity index (χ0n) is 16.6. The van der Waals surface area contributed by atoms with Crippen LogP contribution >= 0.6 is 0 Å². The summed E-state index contributed by atoms with van der Waals surface area (Å²) >= 11 is 0. The van der Waals surface area contributed by atoms with Gasteiger partial charge in [-0.2, -0.15) is 13.2 Å². The van der Waals surface area contributed by atoms with Crippen LogP contribution < -0.4 is 4.72 Å². The summed E-state index contributed by atoms with van der Waals surface area (Å²) in [6.07, 6.45) is -3.99. The number of benzene rings is 3. The first-order chi connectivity index (χ1) is 14.6. The minimum atomic E-state index is -4.40. The molecule has 3 aromatic rings. The molecule has 0 spiro atoms. The molecular formula is C23H19F3N2O2S. The highest BCUT2D eigenvalue weighted by Gasteiger charge is 2.31. The number of sulfonamides is 1. The topological polar surface area (TPSA) is 58.5 Å². The molecule has 0 fully saturated rings. The lowest BCUT2D eigenvalue weighted by atomic mass is 9.91. The fourth-order valence-electron chi connectivity index (χ4n) is 3.49. The predicted octanol–water partition coefficient (Wildman–Crippen LogP) is 5.21. The molecule has 160 valence electrons. The van der Waals surface area contributed by atoms with Crippen LogP contribution in [0.25, 0.3) is 0 Å². The van der Waals surface area contributed by atoms with Crippen molar-refractivity contribution in [2.24, 2.45) is 4.99 Å². The molecule has 0 aliphatic carbocycles. The number of anilines is 1. The lowest BCUT2D eigenvalue weighted by Crippen LogP contribution is -2.17. The second-order valence-electron chi connectivity index (χ2n) is 7.35. The molecule has 3 aromatic carbocycles. The summed E-state index contributed by atoms with van der Waals surface area (Å²) in [4.78, 5) is 4.64. The highest BCUT2D eigenvalue weighted by molar-refractivity contribution is 7.92. The van der Waals surface area contributed by atoms with E-state index in [0.717, 1.165) is 17.7 Å². The third-order valence-corrected chi connectivity index (χ3v) is 6.46. The molecule has 0 saturated heterocycles. The van der Waals surface area contributed by atoms with Gasteiger partial charge in [0.1, 0.15) is 0 Å². The van der Waals surface area contributed by atoms with Crippen LogP contribution in [0, 0.1) is 6.92 Å². The minimum Gasteiger partial charge on any atom is -0.284 e. The maximum Gasteiger partial charge on any atom is 0.416 e. The van der Waals surface area contributed by atoms with Gasteiger partial charge in [0.15, 0.2) is 0 Å². The molecule has 31 heavy (non-hydrogen) atoms. The summed E-state index contributed by atoms with van der Waals surface area (Å²) in [6, 6.07) is 16.8. The lowest BCUT2D eigenvalue weighted by Gasteiger charge is -2.19. The number of aryl methyl sites for hydroxylation is 1. The number of fused-ring (bicyclic) bond motifs is 1. The maximum atomic E-state index is 13.1. The Morgan fingerprint density at radius 2 is 1.71 bits per heavy atom. The molecule has 8 heteroatoms. The molecule has 0 atom stereocenters. The van der Waals surface area contributed by atoms with Crippen LogP contribution in [0.3, 0.4) is 0 Å². The summed E-state index contributed by atoms with van der Waals surface area (Å²) < 4.78 is 67.1. The highest BCUT2D eigenvalue weighted by Crippen LogP contribution is 2.32. The fraction of sp³-hybridized carbons (Fsp3) is 0.174. The molecule has 1 aliphatic rings. The van der Waals surface area contributed by atoms with E-state index < -0.39 is 21.8 Å². The van der Waals surface area contributed by atoms with Crippen molar-refractivity contribution in [3.8, 4) is 0 Å². The molecule has 1 aliphatic heterocycles. The average Bonchev–Trinajstić information content (AvgIpc) is 2.72. The number of hydrogen-bond donors (Lipinski definition) is 1. The number of hydrogen-bond acceptors (Lipinski definition) is 3. The molecule has 0 bridgehead atoms. The van der Waals surface area contributed by atoms with Gasteiger partial charge < -0.3 is 0 Å². The van der Waals surface area contributed by atoms with E-state index in [0.29, 0.717) is 41.1 Å². The Morgan fingerprint density at radius 1 is 0.968 bits per heavy atom. The molecule has 0 radical (unpaired) electrons. The standard InChI is InChI=1S/C23H19F3N2O2S/c1-15-5-8-20(9-6-15)31(29,30)28-19-4-2-3-17(14-19)22-21-10-7-18(23(24,25)26)13-16(21)11-12-27-22/h2-10,13-14,28H,11-12H2,1H3. The molecule has 0 saturated carbocycles. The Balaban J connectivity index is 1.65. The quantitative estimate of drug-likeness (QED) is 0.601. The summed E-state index contributed by atoms with van der Waals surface area (Å²) in [5.74, 6) is 0. The van der Waals surface area contributed by atoms with Gasteiger partial charge in [-0.3, -0.25) is 9.71 Å². The second kappa shape index (κ2) is 7.85. The average molecular weight is 444 g/mol. The molecule has 4 rings (SSSR count). The number of nitrogens with one attached hydrogen (secondary N) is 1. The van der Waals surface area contributed by atoms with Gasteiger partial charge in [-0.1, -0.05) is 35.9 Å². The minimum absolute atomic E-state index is 0.142. The van der Waals surface area contributed by atoms with Gasteiger partial charge in [0.2, 0.25) is 0 Å². The van der Waals surface area contributed by atoms with Crippen LogP contribution in [0.1, 0.15) is 27.8 Å². The van der Waals surface area contributed by atoms with E-state index in [2.05, 4.69) is 9.71 Å². The van der Waals surface area contributed by atoms with E-state index in [-0.39, 0.29) is 4.90 Å². The third-order valence-electron chi connectivity index (χ3n) is 5.06. The van der Waals surface area contributed by atoms with Crippen molar-refractivity contribution in [1.82, 2.24) is 0 Å². The van der Waals surface area contributed by atoms with E-state index >= 15 is 0 Å². The van der Waals surface area contributed by atoms with Gasteiger partial charge in [-0.05, 0) is 55.3 Å². The zero-order chi connectivity index (χ0) is 22.2. The summed E-state index contributed by atoms with van der Waals surface area (Å²) in [6.45, 7) is 2.23. The Kier molecular flexibility index (Phi) is 5.35. The fourth-order valence-corrected chi connectivity index (χ4v) is 4.54. The summed E-state index contributed by atoms with van der Waals surface area (Å²) in [5.41, 5.74) is 2.98. The van der Waals surface area contributed by atoms with Crippen molar-refractivity contribution in [1.29, 1.82) is 0 Å². The largest absolute Gasteiger partial charge is 0.416 e. The highest BCUT2D eigenvalue weighted by atomic mass is 32.2. The van der Waals surface area contributed by atoms with Crippen molar-refractivity contribution in [3.05, 3.63) is 94.5 Å². The number of alkyl halides is 3. The zero-order valence-corrected chi connectivity index (χ0v) is 17.4. The van der Waals surface area contributed by atoms with Gasteiger partial charge in [-0.15, -0.1) is 0 Å². The normalized spacial score (nSPS) is 14.0. The maximum absolute atomic E-state index is 13.1. The second-order valence-corrected chi connectivity index (χ2v) is 9.03. The van der Waals surface area contributed by atoms with Gasteiger partial charge in [0, 0.05) is 23.4 Å². The number of aliphatic imine (C=N–C) groups is 1. The molecule has 1 N–H and O–H groups in total. The van der Waals surface area contributed by atoms with Gasteiger partial charge >= 0.3 is 6.18 Å². The molecule has 4 nitrogen and oxygen atoms in total. The monoisotopic (exact) mass is 444 g/mol. The van der Waals surface area contributed by atoms with E-state index in [1.165, 1.54) is 18.2 Å². The van der Waals surface area contributed by atoms with Crippen LogP contribution in [0.2, 0.25) is 0 Å². The third kappa shape index (κ3) is 4.49. The first-order valence-electron chi connectivity index (χ1n) is 9.58. The summed E-state index contributed by atoms with van der Waals surface area (Å²) in [5, 5.41) is 0. The van der Waals surface area contributed by atoms with Crippen molar-refractivity contribution in [2.45, 2.75) is 24.4 Å². The smallest absolute Gasteiger partial charge is 0.284 e. The molecular weight excluding hydrogens is 425 g/mol. The van der Waals surface area contributed by atoms with Crippen LogP contribution in [-0.2, 0) is 22.6 Å². The van der Waals surface area contributed by atoms with Crippen molar-refractivity contribution < 1.29 is 21.6 Å². The number of rotatable bonds is 4. The molecule has 0 aromatic heterocycles. The van der Waals surface area contributed by atoms with E-state index in [1.807, 2.05) is 6.92 Å². The Morgan fingerprint density at radius 3 is 2.42 bits per heavy atom. The van der Waals surface area contributed by atoms with E-state index in [9.17, 15) is 21.6 Å². The Labute approximate surface area is 178 Å². The van der Waals surface area contributed by atoms with Crippen molar-refractivity contribution in [3.63, 3.8) is 0 Å². The first kappa shape index (κ1) is 21.1. The van der Waals surface area contributed by atoms with E-state index in [4.69, 9.17) is 0 Å². The predicted molar refractivity (Wildman–Crippen MR) is 114 cm³/mol. The SMILES string of the molecule is Cc1ccc(S(=O)(=O)Nc2cccc(C3=NCCc4cc(C(F)(F)F)ccc43)c2)cc1. The van der Waals surface area contributed by atoms with Gasteiger partial charge in [-0.25, -0.2) is 8.42 Å². The number of halogens is 3. The van der Waals surface area contributed by atoms with Crippen LogP contribution in [0.5, 0.6) is 0 Å². The van der Waals surface area contributed by atoms with Crippen LogP contribution in [0.15, 0.2) is 76.6 Å². The first-order valence-corrected chi connectivity index (χ1v) is 11.1. The Bertz CT molecular complexity index is 1260. The van der Waals surface area contributed by atoms with Crippen LogP contribution in [-0.4, -0.2) is 20.7 Å². The van der Waals surface area contributed by atoms with Crippen molar-refractivity contribution in [2.75, 3.05) is 11.3 Å². The van der Waals surface area contributed by atoms with Gasteiger partial charge in [0.25, 0.3) is 10.0 Å². The Hall–Kier alpha value is -3.13.